The minimum atomic E-state index is -0.424. The predicted molar refractivity (Wildman–Crippen MR) is 106 cm³/mol. The molecule has 0 N–H and O–H groups in total. The first-order valence-corrected chi connectivity index (χ1v) is 9.20. The smallest absolute Gasteiger partial charge is 0.353 e. The summed E-state index contributed by atoms with van der Waals surface area (Å²) in [5.74, 6) is -0.262. The van der Waals surface area contributed by atoms with E-state index in [1.54, 1.807) is 66.1 Å². The number of rotatable bonds is 5. The lowest BCUT2D eigenvalue weighted by molar-refractivity contribution is 0.0740. The van der Waals surface area contributed by atoms with Crippen LogP contribution in [0.1, 0.15) is 25.6 Å². The third kappa shape index (κ3) is 4.41. The van der Waals surface area contributed by atoms with Gasteiger partial charge in [-0.05, 0) is 60.0 Å². The van der Waals surface area contributed by atoms with Crippen LogP contribution in [0.15, 0.2) is 66.1 Å². The molecule has 0 aliphatic heterocycles. The molecule has 0 spiro atoms. The molecule has 0 aliphatic carbocycles. The van der Waals surface area contributed by atoms with Gasteiger partial charge in [-0.2, -0.15) is 0 Å². The van der Waals surface area contributed by atoms with Gasteiger partial charge in [0.25, 0.3) is 0 Å². The van der Waals surface area contributed by atoms with Crippen molar-refractivity contribution in [1.29, 1.82) is 0 Å². The fourth-order valence-electron chi connectivity index (χ4n) is 2.16. The van der Waals surface area contributed by atoms with E-state index in [1.165, 1.54) is 17.4 Å². The number of ketones is 1. The molecule has 1 heterocycles. The van der Waals surface area contributed by atoms with Crippen LogP contribution in [-0.2, 0) is 0 Å². The minimum absolute atomic E-state index is 0.211. The Hall–Kier alpha value is -2.40. The highest BCUT2D eigenvalue weighted by Gasteiger charge is 2.10. The van der Waals surface area contributed by atoms with Gasteiger partial charge in [0.05, 0.1) is 0 Å². The lowest BCUT2D eigenvalue weighted by atomic mass is 10.1. The van der Waals surface area contributed by atoms with Crippen molar-refractivity contribution in [1.82, 2.24) is 0 Å². The summed E-state index contributed by atoms with van der Waals surface area (Å²) in [5.41, 5.74) is 1.05. The summed E-state index contributed by atoms with van der Waals surface area (Å²) in [6, 6.07) is 15.0. The number of hydrogen-bond donors (Lipinski definition) is 0. The molecule has 3 aromatic rings. The monoisotopic (exact) mass is 402 g/mol. The Labute approximate surface area is 164 Å². The second kappa shape index (κ2) is 8.32. The maximum Gasteiger partial charge on any atom is 0.353 e. The zero-order chi connectivity index (χ0) is 18.5. The molecule has 0 unspecified atom stereocenters. The highest BCUT2D eigenvalue weighted by molar-refractivity contribution is 7.12. The van der Waals surface area contributed by atoms with Gasteiger partial charge in [-0.25, -0.2) is 4.79 Å². The molecule has 3 rings (SSSR count). The maximum absolute atomic E-state index is 12.3. The van der Waals surface area contributed by atoms with Gasteiger partial charge in [0.1, 0.15) is 10.6 Å². The zero-order valence-electron chi connectivity index (χ0n) is 13.3. The summed E-state index contributed by atoms with van der Waals surface area (Å²) >= 11 is 13.5. The highest BCUT2D eigenvalue weighted by Crippen LogP contribution is 2.25. The van der Waals surface area contributed by atoms with Crippen molar-refractivity contribution in [2.75, 3.05) is 0 Å². The van der Waals surface area contributed by atoms with Crippen molar-refractivity contribution >= 4 is 52.4 Å². The van der Waals surface area contributed by atoms with Crippen LogP contribution in [0.25, 0.3) is 6.08 Å². The third-order valence-corrected chi connectivity index (χ3v) is 4.98. The van der Waals surface area contributed by atoms with Crippen molar-refractivity contribution in [3.63, 3.8) is 0 Å². The largest absolute Gasteiger partial charge is 0.422 e. The lowest BCUT2D eigenvalue weighted by Crippen LogP contribution is -2.06. The summed E-state index contributed by atoms with van der Waals surface area (Å²) in [4.78, 5) is 24.7. The van der Waals surface area contributed by atoms with Gasteiger partial charge in [0.15, 0.2) is 5.78 Å². The van der Waals surface area contributed by atoms with Crippen LogP contribution >= 0.6 is 34.5 Å². The second-order valence-electron chi connectivity index (χ2n) is 5.22. The van der Waals surface area contributed by atoms with Crippen molar-refractivity contribution in [3.05, 3.63) is 92.1 Å². The number of benzene rings is 2. The molecule has 0 saturated heterocycles. The summed E-state index contributed by atoms with van der Waals surface area (Å²) in [6.07, 6.45) is 2.98. The van der Waals surface area contributed by atoms with E-state index in [4.69, 9.17) is 27.9 Å². The molecule has 0 aliphatic rings. The number of esters is 1. The summed E-state index contributed by atoms with van der Waals surface area (Å²) in [7, 11) is 0. The van der Waals surface area contributed by atoms with Crippen LogP contribution in [0.3, 0.4) is 0 Å². The number of ether oxygens (including phenoxy) is 1. The number of hydrogen-bond acceptors (Lipinski definition) is 4. The van der Waals surface area contributed by atoms with Gasteiger partial charge in [-0.3, -0.25) is 4.79 Å². The Bertz CT molecular complexity index is 941. The van der Waals surface area contributed by atoms with E-state index in [0.29, 0.717) is 31.8 Å². The normalized spacial score (nSPS) is 10.8. The van der Waals surface area contributed by atoms with Gasteiger partial charge in [0, 0.05) is 21.2 Å². The molecule has 0 saturated carbocycles. The Morgan fingerprint density at radius 2 is 1.62 bits per heavy atom. The minimum Gasteiger partial charge on any atom is -0.422 e. The van der Waals surface area contributed by atoms with E-state index >= 15 is 0 Å². The standard InChI is InChI=1S/C20H12Cl2O3S/c21-16-3-1-4-17(22)15(16)10-11-18(23)13-6-8-14(9-7-13)25-20(24)19-5-2-12-26-19/h1-12H/b11-10+. The van der Waals surface area contributed by atoms with E-state index in [-0.39, 0.29) is 5.78 Å². The Morgan fingerprint density at radius 3 is 2.23 bits per heavy atom. The van der Waals surface area contributed by atoms with Crippen LogP contribution in [0.5, 0.6) is 5.75 Å². The van der Waals surface area contributed by atoms with Crippen molar-refractivity contribution < 1.29 is 14.3 Å². The summed E-state index contributed by atoms with van der Waals surface area (Å²) in [6.45, 7) is 0. The first kappa shape index (κ1) is 18.4. The fourth-order valence-corrected chi connectivity index (χ4v) is 3.29. The van der Waals surface area contributed by atoms with Gasteiger partial charge >= 0.3 is 5.97 Å². The fraction of sp³-hybridized carbons (Fsp3) is 0. The van der Waals surface area contributed by atoms with Crippen LogP contribution in [0, 0.1) is 0 Å². The van der Waals surface area contributed by atoms with Crippen LogP contribution in [-0.4, -0.2) is 11.8 Å². The number of thiophene rings is 1. The first-order chi connectivity index (χ1) is 12.5. The van der Waals surface area contributed by atoms with Gasteiger partial charge in [-0.15, -0.1) is 11.3 Å². The molecule has 0 amide bonds. The molecule has 130 valence electrons. The average Bonchev–Trinajstić information content (AvgIpc) is 3.16. The second-order valence-corrected chi connectivity index (χ2v) is 6.99. The van der Waals surface area contributed by atoms with Gasteiger partial charge in [-0.1, -0.05) is 35.3 Å². The maximum atomic E-state index is 12.3. The molecular weight excluding hydrogens is 391 g/mol. The number of carbonyl (C=O) groups excluding carboxylic acids is 2. The van der Waals surface area contributed by atoms with Crippen LogP contribution in [0.4, 0.5) is 0 Å². The molecule has 6 heteroatoms. The quantitative estimate of drug-likeness (QED) is 0.221. The molecule has 0 fully saturated rings. The molecule has 0 radical (unpaired) electrons. The molecule has 3 nitrogen and oxygen atoms in total. The molecule has 0 atom stereocenters. The van der Waals surface area contributed by atoms with E-state index in [2.05, 4.69) is 0 Å². The van der Waals surface area contributed by atoms with E-state index in [9.17, 15) is 9.59 Å². The lowest BCUT2D eigenvalue weighted by Gasteiger charge is -2.04. The van der Waals surface area contributed by atoms with Crippen molar-refractivity contribution in [2.45, 2.75) is 0 Å². The van der Waals surface area contributed by atoms with Crippen LogP contribution in [0.2, 0.25) is 10.0 Å². The molecule has 26 heavy (non-hydrogen) atoms. The van der Waals surface area contributed by atoms with Gasteiger partial charge in [0.2, 0.25) is 0 Å². The number of halogens is 2. The Morgan fingerprint density at radius 1 is 0.923 bits per heavy atom. The SMILES string of the molecule is O=C(/C=C/c1c(Cl)cccc1Cl)c1ccc(OC(=O)c2cccs2)cc1. The highest BCUT2D eigenvalue weighted by atomic mass is 35.5. The molecular formula is C20H12Cl2O3S. The number of allylic oxidation sites excluding steroid dienone is 1. The van der Waals surface area contributed by atoms with Crippen molar-refractivity contribution in [3.8, 4) is 5.75 Å². The van der Waals surface area contributed by atoms with E-state index < -0.39 is 5.97 Å². The summed E-state index contributed by atoms with van der Waals surface area (Å²) in [5, 5.41) is 2.74. The van der Waals surface area contributed by atoms with E-state index in [1.807, 2.05) is 0 Å². The zero-order valence-corrected chi connectivity index (χ0v) is 15.6. The topological polar surface area (TPSA) is 43.4 Å². The molecule has 2 aromatic carbocycles. The van der Waals surface area contributed by atoms with Gasteiger partial charge < -0.3 is 4.74 Å². The predicted octanol–water partition coefficient (Wildman–Crippen LogP) is 6.17. The van der Waals surface area contributed by atoms with Crippen molar-refractivity contribution in [2.24, 2.45) is 0 Å². The molecule has 1 aromatic heterocycles. The summed E-state index contributed by atoms with van der Waals surface area (Å²) < 4.78 is 5.26. The molecule has 0 bridgehead atoms. The number of carbonyl (C=O) groups is 2. The first-order valence-electron chi connectivity index (χ1n) is 7.57. The van der Waals surface area contributed by atoms with E-state index in [0.717, 1.165) is 0 Å². The van der Waals surface area contributed by atoms with Crippen LogP contribution < -0.4 is 4.74 Å². The average molecular weight is 403 g/mol. The third-order valence-electron chi connectivity index (χ3n) is 3.47. The Balaban J connectivity index is 1.69. The Kier molecular flexibility index (Phi) is 5.89.